The van der Waals surface area contributed by atoms with Crippen LogP contribution >= 0.6 is 0 Å². The van der Waals surface area contributed by atoms with E-state index in [-0.39, 0.29) is 11.9 Å². The molecular weight excluding hydrogens is 362 g/mol. The van der Waals surface area contributed by atoms with Crippen molar-refractivity contribution in [3.8, 4) is 5.75 Å². The van der Waals surface area contributed by atoms with Gasteiger partial charge in [-0.1, -0.05) is 60.7 Å². The van der Waals surface area contributed by atoms with Crippen molar-refractivity contribution in [3.05, 3.63) is 96.3 Å². The van der Waals surface area contributed by atoms with Crippen LogP contribution in [0.25, 0.3) is 11.0 Å². The molecule has 4 aromatic rings. The first-order chi connectivity index (χ1) is 14.1. The zero-order valence-corrected chi connectivity index (χ0v) is 16.4. The quantitative estimate of drug-likeness (QED) is 0.540. The number of rotatable bonds is 6. The van der Waals surface area contributed by atoms with Gasteiger partial charge in [-0.3, -0.25) is 4.79 Å². The van der Waals surface area contributed by atoms with Crippen molar-refractivity contribution in [2.45, 2.75) is 19.1 Å². The molecule has 0 saturated carbocycles. The molecule has 1 aromatic heterocycles. The molecule has 0 saturated heterocycles. The number of fused-ring (bicyclic) bond motifs is 1. The molecule has 4 rings (SSSR count). The summed E-state index contributed by atoms with van der Waals surface area (Å²) in [7, 11) is 1.97. The lowest BCUT2D eigenvalue weighted by molar-refractivity contribution is -0.127. The summed E-state index contributed by atoms with van der Waals surface area (Å²) in [4.78, 5) is 17.8. The molecule has 0 aliphatic rings. The largest absolute Gasteiger partial charge is 0.481 e. The minimum atomic E-state index is -0.640. The molecule has 2 atom stereocenters. The molecule has 1 N–H and O–H groups in total. The fourth-order valence-electron chi connectivity index (χ4n) is 3.38. The molecule has 0 bridgehead atoms. The highest BCUT2D eigenvalue weighted by Gasteiger charge is 2.25. The summed E-state index contributed by atoms with van der Waals surface area (Å²) >= 11 is 0. The van der Waals surface area contributed by atoms with Gasteiger partial charge in [-0.2, -0.15) is 0 Å². The normalized spacial score (nSPS) is 13.0. The number of carbonyl (C=O) groups is 1. The number of para-hydroxylation sites is 3. The molecule has 146 valence electrons. The number of aromatic nitrogens is 2. The summed E-state index contributed by atoms with van der Waals surface area (Å²) in [5.74, 6) is 1.24. The second-order valence-electron chi connectivity index (χ2n) is 6.94. The zero-order chi connectivity index (χ0) is 20.2. The number of nitrogens with zero attached hydrogens (tertiary/aromatic N) is 2. The molecule has 0 aliphatic carbocycles. The Morgan fingerprint density at radius 2 is 1.55 bits per heavy atom. The third-order valence-corrected chi connectivity index (χ3v) is 4.92. The summed E-state index contributed by atoms with van der Waals surface area (Å²) in [6.07, 6.45) is -0.640. The van der Waals surface area contributed by atoms with Crippen LogP contribution in [0.1, 0.15) is 24.4 Å². The van der Waals surface area contributed by atoms with E-state index >= 15 is 0 Å². The fraction of sp³-hybridized carbons (Fsp3) is 0.167. The van der Waals surface area contributed by atoms with E-state index in [1.165, 1.54) is 0 Å². The number of imidazole rings is 1. The smallest absolute Gasteiger partial charge is 0.261 e. The van der Waals surface area contributed by atoms with E-state index in [1.807, 2.05) is 96.5 Å². The predicted octanol–water partition coefficient (Wildman–Crippen LogP) is 4.25. The van der Waals surface area contributed by atoms with E-state index in [1.54, 1.807) is 6.92 Å². The van der Waals surface area contributed by atoms with Crippen LogP contribution in [-0.4, -0.2) is 21.6 Å². The van der Waals surface area contributed by atoms with Gasteiger partial charge in [-0.05, 0) is 36.8 Å². The number of nitrogens with one attached hydrogen (secondary N) is 1. The zero-order valence-electron chi connectivity index (χ0n) is 16.4. The van der Waals surface area contributed by atoms with Crippen molar-refractivity contribution in [2.24, 2.45) is 7.05 Å². The first kappa shape index (κ1) is 18.7. The van der Waals surface area contributed by atoms with E-state index in [0.29, 0.717) is 5.75 Å². The topological polar surface area (TPSA) is 56.1 Å². The second-order valence-corrected chi connectivity index (χ2v) is 6.94. The predicted molar refractivity (Wildman–Crippen MR) is 114 cm³/mol. The standard InChI is InChI=1S/C24H23N3O2/c1-17(29-19-13-7-4-8-14-19)24(28)26-22(18-11-5-3-6-12-18)23-25-20-15-9-10-16-21(20)27(23)2/h3-17,22H,1-2H3,(H,26,28)/t17-,22-/m1/s1. The SMILES string of the molecule is C[C@@H](Oc1ccccc1)C(=O)N[C@H](c1ccccc1)c1nc2ccccc2n1C. The maximum absolute atomic E-state index is 13.0. The number of carbonyl (C=O) groups excluding carboxylic acids is 1. The number of hydrogen-bond acceptors (Lipinski definition) is 3. The van der Waals surface area contributed by atoms with Crippen LogP contribution in [0.5, 0.6) is 5.75 Å². The second kappa shape index (κ2) is 8.19. The van der Waals surface area contributed by atoms with Crippen molar-refractivity contribution in [2.75, 3.05) is 0 Å². The van der Waals surface area contributed by atoms with Crippen LogP contribution in [0.4, 0.5) is 0 Å². The van der Waals surface area contributed by atoms with Crippen LogP contribution in [-0.2, 0) is 11.8 Å². The van der Waals surface area contributed by atoms with Crippen molar-refractivity contribution in [1.82, 2.24) is 14.9 Å². The van der Waals surface area contributed by atoms with E-state index in [4.69, 9.17) is 9.72 Å². The Labute approximate surface area is 170 Å². The van der Waals surface area contributed by atoms with Crippen molar-refractivity contribution in [3.63, 3.8) is 0 Å². The van der Waals surface area contributed by atoms with Gasteiger partial charge in [0.05, 0.1) is 11.0 Å². The molecule has 0 radical (unpaired) electrons. The number of ether oxygens (including phenoxy) is 1. The van der Waals surface area contributed by atoms with Gasteiger partial charge < -0.3 is 14.6 Å². The Balaban J connectivity index is 1.64. The van der Waals surface area contributed by atoms with Crippen LogP contribution in [0, 0.1) is 0 Å². The van der Waals surface area contributed by atoms with Gasteiger partial charge in [0.2, 0.25) is 0 Å². The molecule has 1 amide bonds. The monoisotopic (exact) mass is 385 g/mol. The lowest BCUT2D eigenvalue weighted by atomic mass is 10.1. The first-order valence-electron chi connectivity index (χ1n) is 9.62. The maximum atomic E-state index is 13.0. The Morgan fingerprint density at radius 3 is 2.24 bits per heavy atom. The lowest BCUT2D eigenvalue weighted by Gasteiger charge is -2.22. The van der Waals surface area contributed by atoms with E-state index in [0.717, 1.165) is 22.4 Å². The molecule has 5 heteroatoms. The average Bonchev–Trinajstić information content (AvgIpc) is 3.09. The summed E-state index contributed by atoms with van der Waals surface area (Å²) < 4.78 is 7.82. The number of benzene rings is 3. The fourth-order valence-corrected chi connectivity index (χ4v) is 3.38. The summed E-state index contributed by atoms with van der Waals surface area (Å²) in [6, 6.07) is 26.8. The third kappa shape index (κ3) is 3.99. The van der Waals surface area contributed by atoms with Crippen molar-refractivity contribution < 1.29 is 9.53 Å². The van der Waals surface area contributed by atoms with Gasteiger partial charge >= 0.3 is 0 Å². The average molecular weight is 385 g/mol. The molecule has 0 fully saturated rings. The van der Waals surface area contributed by atoms with Gasteiger partial charge in [0.25, 0.3) is 5.91 Å². The summed E-state index contributed by atoms with van der Waals surface area (Å²) in [5, 5.41) is 3.12. The Kier molecular flexibility index (Phi) is 5.29. The summed E-state index contributed by atoms with van der Waals surface area (Å²) in [5.41, 5.74) is 2.88. The van der Waals surface area contributed by atoms with E-state index in [9.17, 15) is 4.79 Å². The molecule has 0 aliphatic heterocycles. The minimum Gasteiger partial charge on any atom is -0.481 e. The Morgan fingerprint density at radius 1 is 0.931 bits per heavy atom. The highest BCUT2D eigenvalue weighted by Crippen LogP contribution is 2.25. The van der Waals surface area contributed by atoms with Gasteiger partial charge in [-0.15, -0.1) is 0 Å². The van der Waals surface area contributed by atoms with E-state index < -0.39 is 6.10 Å². The molecule has 3 aromatic carbocycles. The van der Waals surface area contributed by atoms with Gasteiger partial charge in [-0.25, -0.2) is 4.98 Å². The van der Waals surface area contributed by atoms with Gasteiger partial charge in [0.1, 0.15) is 17.6 Å². The van der Waals surface area contributed by atoms with E-state index in [2.05, 4.69) is 5.32 Å². The lowest BCUT2D eigenvalue weighted by Crippen LogP contribution is -2.39. The number of aryl methyl sites for hydroxylation is 1. The Bertz CT molecular complexity index is 1110. The minimum absolute atomic E-state index is 0.199. The molecule has 5 nitrogen and oxygen atoms in total. The third-order valence-electron chi connectivity index (χ3n) is 4.92. The van der Waals surface area contributed by atoms with Gasteiger partial charge in [0, 0.05) is 7.05 Å². The highest BCUT2D eigenvalue weighted by molar-refractivity contribution is 5.82. The Hall–Kier alpha value is -3.60. The highest BCUT2D eigenvalue weighted by atomic mass is 16.5. The maximum Gasteiger partial charge on any atom is 0.261 e. The first-order valence-corrected chi connectivity index (χ1v) is 9.62. The van der Waals surface area contributed by atoms with Crippen LogP contribution in [0.15, 0.2) is 84.9 Å². The molecule has 29 heavy (non-hydrogen) atoms. The van der Waals surface area contributed by atoms with Crippen LogP contribution < -0.4 is 10.1 Å². The van der Waals surface area contributed by atoms with Crippen molar-refractivity contribution >= 4 is 16.9 Å². The van der Waals surface area contributed by atoms with Gasteiger partial charge in [0.15, 0.2) is 6.10 Å². The molecular formula is C24H23N3O2. The van der Waals surface area contributed by atoms with Crippen molar-refractivity contribution in [1.29, 1.82) is 0 Å². The molecule has 1 heterocycles. The molecule has 0 spiro atoms. The van der Waals surface area contributed by atoms with Crippen LogP contribution in [0.2, 0.25) is 0 Å². The number of amides is 1. The number of hydrogen-bond donors (Lipinski definition) is 1. The molecule has 0 unspecified atom stereocenters. The van der Waals surface area contributed by atoms with Crippen LogP contribution in [0.3, 0.4) is 0 Å². The summed E-state index contributed by atoms with van der Waals surface area (Å²) in [6.45, 7) is 1.75.